The quantitative estimate of drug-likeness (QED) is 0.616. The molecule has 6 nitrogen and oxygen atoms in total. The van der Waals surface area contributed by atoms with Crippen LogP contribution in [0.1, 0.15) is 0 Å². The molecule has 2 N–H and O–H groups in total. The van der Waals surface area contributed by atoms with Crippen molar-refractivity contribution in [1.82, 2.24) is 9.78 Å². The first kappa shape index (κ1) is 18.9. The molecule has 0 radical (unpaired) electrons. The fourth-order valence-corrected chi connectivity index (χ4v) is 3.20. The molecule has 1 heterocycles. The second-order valence-corrected chi connectivity index (χ2v) is 6.64. The number of rotatable bonds is 6. The van der Waals surface area contributed by atoms with E-state index >= 15 is 0 Å². The van der Waals surface area contributed by atoms with Gasteiger partial charge in [-0.25, -0.2) is 4.39 Å². The van der Waals surface area contributed by atoms with Crippen LogP contribution in [-0.4, -0.2) is 29.3 Å². The highest BCUT2D eigenvalue weighted by Gasteiger charge is 2.15. The lowest BCUT2D eigenvalue weighted by Gasteiger charge is -2.13. The third kappa shape index (κ3) is 4.46. The van der Waals surface area contributed by atoms with E-state index in [1.807, 2.05) is 13.1 Å². The van der Waals surface area contributed by atoms with Crippen LogP contribution in [-0.2, 0) is 11.8 Å². The van der Waals surface area contributed by atoms with Gasteiger partial charge in [-0.1, -0.05) is 0 Å². The Morgan fingerprint density at radius 1 is 1.22 bits per heavy atom. The number of hydrogen-bond donors (Lipinski definition) is 2. The highest BCUT2D eigenvalue weighted by atomic mass is 79.9. The van der Waals surface area contributed by atoms with Gasteiger partial charge in [0.2, 0.25) is 5.91 Å². The van der Waals surface area contributed by atoms with Gasteiger partial charge in [0.25, 0.3) is 0 Å². The lowest BCUT2D eigenvalue weighted by atomic mass is 10.1. The standard InChI is InChI=1S/C19H18BrFN4O2/c1-25-19(16(20)10-23-25)15-9-14(7-8-17(15)27-2)24-18(26)11-22-13-5-3-12(21)4-6-13/h3-10,22H,11H2,1-2H3,(H,24,26). The second kappa shape index (κ2) is 8.22. The Balaban J connectivity index is 1.74. The fourth-order valence-electron chi connectivity index (χ4n) is 2.64. The van der Waals surface area contributed by atoms with Crippen LogP contribution in [0.4, 0.5) is 15.8 Å². The van der Waals surface area contributed by atoms with Gasteiger partial charge in [0, 0.05) is 24.0 Å². The molecule has 0 unspecified atom stereocenters. The van der Waals surface area contributed by atoms with Crippen molar-refractivity contribution >= 4 is 33.2 Å². The molecule has 0 saturated carbocycles. The highest BCUT2D eigenvalue weighted by Crippen LogP contribution is 2.36. The first-order valence-corrected chi connectivity index (χ1v) is 8.92. The Kier molecular flexibility index (Phi) is 5.75. The number of nitrogens with one attached hydrogen (secondary N) is 2. The van der Waals surface area contributed by atoms with Crippen molar-refractivity contribution < 1.29 is 13.9 Å². The van der Waals surface area contributed by atoms with Gasteiger partial charge < -0.3 is 15.4 Å². The minimum absolute atomic E-state index is 0.0579. The Morgan fingerprint density at radius 3 is 2.56 bits per heavy atom. The number of benzene rings is 2. The van der Waals surface area contributed by atoms with Gasteiger partial charge in [0.1, 0.15) is 11.6 Å². The molecule has 0 spiro atoms. The molecule has 27 heavy (non-hydrogen) atoms. The van der Waals surface area contributed by atoms with Gasteiger partial charge in [0.15, 0.2) is 0 Å². The Labute approximate surface area is 164 Å². The van der Waals surface area contributed by atoms with Crippen LogP contribution in [0.25, 0.3) is 11.3 Å². The summed E-state index contributed by atoms with van der Waals surface area (Å²) < 4.78 is 20.9. The molecule has 0 saturated heterocycles. The molecular formula is C19H18BrFN4O2. The van der Waals surface area contributed by atoms with E-state index < -0.39 is 0 Å². The molecule has 8 heteroatoms. The normalized spacial score (nSPS) is 10.5. The molecule has 1 amide bonds. The molecule has 0 fully saturated rings. The molecule has 0 aliphatic carbocycles. The SMILES string of the molecule is COc1ccc(NC(=O)CNc2ccc(F)cc2)cc1-c1c(Br)cnn1C. The number of aromatic nitrogens is 2. The number of methoxy groups -OCH3 is 1. The molecule has 3 aromatic rings. The molecule has 0 atom stereocenters. The van der Waals surface area contributed by atoms with Crippen LogP contribution in [0, 0.1) is 5.82 Å². The summed E-state index contributed by atoms with van der Waals surface area (Å²) >= 11 is 3.49. The number of anilines is 2. The lowest BCUT2D eigenvalue weighted by molar-refractivity contribution is -0.114. The van der Waals surface area contributed by atoms with Crippen LogP contribution >= 0.6 is 15.9 Å². The van der Waals surface area contributed by atoms with E-state index in [4.69, 9.17) is 4.74 Å². The molecular weight excluding hydrogens is 415 g/mol. The fraction of sp³-hybridized carbons (Fsp3) is 0.158. The van der Waals surface area contributed by atoms with Crippen molar-refractivity contribution in [3.8, 4) is 17.0 Å². The summed E-state index contributed by atoms with van der Waals surface area (Å²) in [6.45, 7) is 0.0579. The first-order chi connectivity index (χ1) is 13.0. The predicted molar refractivity (Wildman–Crippen MR) is 106 cm³/mol. The van der Waals surface area contributed by atoms with E-state index in [1.54, 1.807) is 42.3 Å². The maximum atomic E-state index is 12.9. The van der Waals surface area contributed by atoms with Crippen molar-refractivity contribution in [3.63, 3.8) is 0 Å². The third-order valence-corrected chi connectivity index (χ3v) is 4.51. The van der Waals surface area contributed by atoms with Gasteiger partial charge >= 0.3 is 0 Å². The Morgan fingerprint density at radius 2 is 1.93 bits per heavy atom. The van der Waals surface area contributed by atoms with Crippen LogP contribution in [0.5, 0.6) is 5.75 Å². The number of hydrogen-bond acceptors (Lipinski definition) is 4. The number of aryl methyl sites for hydroxylation is 1. The number of nitrogens with zero attached hydrogens (tertiary/aromatic N) is 2. The highest BCUT2D eigenvalue weighted by molar-refractivity contribution is 9.10. The molecule has 0 bridgehead atoms. The van der Waals surface area contributed by atoms with E-state index in [1.165, 1.54) is 12.1 Å². The molecule has 0 aliphatic heterocycles. The summed E-state index contributed by atoms with van der Waals surface area (Å²) in [4.78, 5) is 12.2. The number of halogens is 2. The van der Waals surface area contributed by atoms with Gasteiger partial charge in [-0.15, -0.1) is 0 Å². The first-order valence-electron chi connectivity index (χ1n) is 8.13. The second-order valence-electron chi connectivity index (χ2n) is 5.79. The maximum Gasteiger partial charge on any atom is 0.243 e. The molecule has 140 valence electrons. The van der Waals surface area contributed by atoms with Crippen LogP contribution in [0.2, 0.25) is 0 Å². The van der Waals surface area contributed by atoms with Crippen molar-refractivity contribution in [2.75, 3.05) is 24.3 Å². The number of amides is 1. The molecule has 1 aromatic heterocycles. The third-order valence-electron chi connectivity index (χ3n) is 3.93. The van der Waals surface area contributed by atoms with Gasteiger partial charge in [-0.3, -0.25) is 9.48 Å². The smallest absolute Gasteiger partial charge is 0.243 e. The zero-order chi connectivity index (χ0) is 19.4. The minimum Gasteiger partial charge on any atom is -0.496 e. The average Bonchev–Trinajstić information content (AvgIpc) is 2.99. The number of carbonyl (C=O) groups excluding carboxylic acids is 1. The summed E-state index contributed by atoms with van der Waals surface area (Å²) in [6, 6.07) is 11.2. The topological polar surface area (TPSA) is 68.2 Å². The molecule has 2 aromatic carbocycles. The number of ether oxygens (including phenoxy) is 1. The molecule has 0 aliphatic rings. The van der Waals surface area contributed by atoms with E-state index in [0.29, 0.717) is 17.1 Å². The zero-order valence-corrected chi connectivity index (χ0v) is 16.4. The van der Waals surface area contributed by atoms with Crippen LogP contribution in [0.3, 0.4) is 0 Å². The maximum absolute atomic E-state index is 12.9. The van der Waals surface area contributed by atoms with Crippen molar-refractivity contribution in [2.45, 2.75) is 0 Å². The summed E-state index contributed by atoms with van der Waals surface area (Å²) in [5.74, 6) is 0.123. The van der Waals surface area contributed by atoms with Crippen molar-refractivity contribution in [1.29, 1.82) is 0 Å². The summed E-state index contributed by atoms with van der Waals surface area (Å²) in [5.41, 5.74) is 2.94. The van der Waals surface area contributed by atoms with E-state index in [9.17, 15) is 9.18 Å². The summed E-state index contributed by atoms with van der Waals surface area (Å²) in [6.07, 6.45) is 1.70. The van der Waals surface area contributed by atoms with Crippen LogP contribution < -0.4 is 15.4 Å². The van der Waals surface area contributed by atoms with Crippen LogP contribution in [0.15, 0.2) is 53.1 Å². The van der Waals surface area contributed by atoms with Gasteiger partial charge in [-0.2, -0.15) is 5.10 Å². The van der Waals surface area contributed by atoms with Crippen molar-refractivity contribution in [2.24, 2.45) is 7.05 Å². The van der Waals surface area contributed by atoms with Crippen molar-refractivity contribution in [3.05, 3.63) is 59.0 Å². The lowest BCUT2D eigenvalue weighted by Crippen LogP contribution is -2.21. The largest absolute Gasteiger partial charge is 0.496 e. The average molecular weight is 433 g/mol. The Hall–Kier alpha value is -2.87. The van der Waals surface area contributed by atoms with E-state index in [2.05, 4.69) is 31.7 Å². The van der Waals surface area contributed by atoms with Gasteiger partial charge in [-0.05, 0) is 58.4 Å². The summed E-state index contributed by atoms with van der Waals surface area (Å²) in [7, 11) is 3.42. The van der Waals surface area contributed by atoms with Gasteiger partial charge in [0.05, 0.1) is 30.0 Å². The summed E-state index contributed by atoms with van der Waals surface area (Å²) in [5, 5.41) is 10.0. The zero-order valence-electron chi connectivity index (χ0n) is 14.8. The van der Waals surface area contributed by atoms with E-state index in [0.717, 1.165) is 15.7 Å². The molecule has 3 rings (SSSR count). The predicted octanol–water partition coefficient (Wildman–Crippen LogP) is 4.05. The number of carbonyl (C=O) groups is 1. The minimum atomic E-state index is -0.322. The Bertz CT molecular complexity index is 937. The van der Waals surface area contributed by atoms with E-state index in [-0.39, 0.29) is 18.3 Å². The monoisotopic (exact) mass is 432 g/mol.